The summed E-state index contributed by atoms with van der Waals surface area (Å²) in [6, 6.07) is 3.72. The van der Waals surface area contributed by atoms with Gasteiger partial charge in [0.25, 0.3) is 0 Å². The number of hydrogen-bond donors (Lipinski definition) is 1. The van der Waals surface area contributed by atoms with Gasteiger partial charge in [0.15, 0.2) is 0 Å². The number of nitrogens with zero attached hydrogens (tertiary/aromatic N) is 1. The van der Waals surface area contributed by atoms with Crippen molar-refractivity contribution in [3.05, 3.63) is 51.7 Å². The van der Waals surface area contributed by atoms with E-state index in [0.29, 0.717) is 0 Å². The number of aromatic nitrogens is 1. The van der Waals surface area contributed by atoms with Crippen LogP contribution in [0.3, 0.4) is 0 Å². The molecule has 0 fully saturated rings. The van der Waals surface area contributed by atoms with E-state index in [4.69, 9.17) is 0 Å². The molecular weight excluding hydrogens is 247 g/mol. The van der Waals surface area contributed by atoms with Crippen LogP contribution in [0.1, 0.15) is 35.4 Å². The Balaban J connectivity index is 2.30. The van der Waals surface area contributed by atoms with Crippen LogP contribution in [0.5, 0.6) is 0 Å². The van der Waals surface area contributed by atoms with Crippen LogP contribution in [0.2, 0.25) is 0 Å². The first-order valence-electron chi connectivity index (χ1n) is 6.09. The van der Waals surface area contributed by atoms with Crippen molar-refractivity contribution in [3.63, 3.8) is 0 Å². The predicted octanol–water partition coefficient (Wildman–Crippen LogP) is 3.68. The topological polar surface area (TPSA) is 24.9 Å². The Morgan fingerprint density at radius 2 is 2.17 bits per heavy atom. The Labute approximate surface area is 111 Å². The molecule has 2 rings (SSSR count). The molecule has 0 spiro atoms. The van der Waals surface area contributed by atoms with Gasteiger partial charge in [0.05, 0.1) is 12.2 Å². The maximum atomic E-state index is 13.3. The molecule has 0 saturated carbocycles. The van der Waals surface area contributed by atoms with Crippen molar-refractivity contribution < 1.29 is 4.39 Å². The van der Waals surface area contributed by atoms with Crippen LogP contribution in [-0.4, -0.2) is 11.5 Å². The van der Waals surface area contributed by atoms with Gasteiger partial charge in [0.2, 0.25) is 0 Å². The van der Waals surface area contributed by atoms with Gasteiger partial charge in [-0.1, -0.05) is 6.92 Å². The molecule has 96 valence electrons. The fourth-order valence-corrected chi connectivity index (χ4v) is 2.65. The third-order valence-electron chi connectivity index (χ3n) is 2.74. The van der Waals surface area contributed by atoms with E-state index in [-0.39, 0.29) is 11.9 Å². The highest BCUT2D eigenvalue weighted by Crippen LogP contribution is 2.26. The molecule has 0 radical (unpaired) electrons. The van der Waals surface area contributed by atoms with Crippen molar-refractivity contribution in [3.8, 4) is 0 Å². The van der Waals surface area contributed by atoms with Crippen molar-refractivity contribution in [1.82, 2.24) is 10.3 Å². The summed E-state index contributed by atoms with van der Waals surface area (Å²) in [7, 11) is 0. The highest BCUT2D eigenvalue weighted by Gasteiger charge is 2.15. The molecule has 2 heterocycles. The third-order valence-corrected chi connectivity index (χ3v) is 3.62. The molecule has 2 aromatic rings. The molecule has 18 heavy (non-hydrogen) atoms. The molecule has 1 atom stereocenters. The summed E-state index contributed by atoms with van der Waals surface area (Å²) in [4.78, 5) is 5.20. The maximum Gasteiger partial charge on any atom is 0.141 e. The van der Waals surface area contributed by atoms with E-state index in [9.17, 15) is 4.39 Å². The normalized spacial score (nSPS) is 12.6. The van der Waals surface area contributed by atoms with E-state index in [0.717, 1.165) is 18.5 Å². The largest absolute Gasteiger partial charge is 0.306 e. The van der Waals surface area contributed by atoms with Crippen LogP contribution in [0.25, 0.3) is 0 Å². The summed E-state index contributed by atoms with van der Waals surface area (Å²) >= 11 is 1.71. The second-order valence-electron chi connectivity index (χ2n) is 4.31. The highest BCUT2D eigenvalue weighted by atomic mass is 32.1. The standard InChI is InChI=1S/C14H17FN2S/c1-3-4-17-14(12-5-10(2)18-9-12)11-6-13(15)8-16-7-11/h5-9,14,17H,3-4H2,1-2H3. The molecule has 0 aliphatic rings. The molecule has 0 aromatic carbocycles. The molecular formula is C14H17FN2S. The summed E-state index contributed by atoms with van der Waals surface area (Å²) < 4.78 is 13.3. The van der Waals surface area contributed by atoms with Crippen LogP contribution < -0.4 is 5.32 Å². The van der Waals surface area contributed by atoms with E-state index in [1.807, 2.05) is 0 Å². The first-order chi connectivity index (χ1) is 8.70. The Morgan fingerprint density at radius 1 is 1.33 bits per heavy atom. The van der Waals surface area contributed by atoms with Gasteiger partial charge >= 0.3 is 0 Å². The third kappa shape index (κ3) is 3.15. The van der Waals surface area contributed by atoms with Crippen LogP contribution in [0.15, 0.2) is 29.9 Å². The minimum atomic E-state index is -0.289. The van der Waals surface area contributed by atoms with E-state index in [1.165, 1.54) is 16.6 Å². The summed E-state index contributed by atoms with van der Waals surface area (Å²) in [5.41, 5.74) is 2.06. The number of hydrogen-bond acceptors (Lipinski definition) is 3. The van der Waals surface area contributed by atoms with Crippen molar-refractivity contribution >= 4 is 11.3 Å². The molecule has 0 bridgehead atoms. The van der Waals surface area contributed by atoms with Gasteiger partial charge < -0.3 is 5.32 Å². The van der Waals surface area contributed by atoms with Gasteiger partial charge in [0, 0.05) is 11.1 Å². The fourth-order valence-electron chi connectivity index (χ4n) is 1.92. The molecule has 0 saturated heterocycles. The summed E-state index contributed by atoms with van der Waals surface area (Å²) in [6.45, 7) is 5.09. The minimum Gasteiger partial charge on any atom is -0.306 e. The van der Waals surface area contributed by atoms with Crippen molar-refractivity contribution in [2.24, 2.45) is 0 Å². The van der Waals surface area contributed by atoms with Crippen LogP contribution in [0.4, 0.5) is 4.39 Å². The minimum absolute atomic E-state index is 0.0260. The quantitative estimate of drug-likeness (QED) is 0.891. The highest BCUT2D eigenvalue weighted by molar-refractivity contribution is 7.10. The molecule has 1 N–H and O–H groups in total. The summed E-state index contributed by atoms with van der Waals surface area (Å²) in [5, 5.41) is 5.56. The van der Waals surface area contributed by atoms with Gasteiger partial charge in [-0.2, -0.15) is 0 Å². The maximum absolute atomic E-state index is 13.3. The lowest BCUT2D eigenvalue weighted by molar-refractivity contribution is 0.581. The first-order valence-corrected chi connectivity index (χ1v) is 6.97. The van der Waals surface area contributed by atoms with Gasteiger partial charge in [-0.05, 0) is 48.5 Å². The average molecular weight is 264 g/mol. The number of pyridine rings is 1. The second kappa shape index (κ2) is 6.07. The molecule has 2 nitrogen and oxygen atoms in total. The molecule has 0 amide bonds. The average Bonchev–Trinajstić information content (AvgIpc) is 2.76. The zero-order chi connectivity index (χ0) is 13.0. The van der Waals surface area contributed by atoms with Crippen LogP contribution in [-0.2, 0) is 0 Å². The summed E-state index contributed by atoms with van der Waals surface area (Å²) in [6.07, 6.45) is 4.00. The smallest absolute Gasteiger partial charge is 0.141 e. The van der Waals surface area contributed by atoms with E-state index < -0.39 is 0 Å². The van der Waals surface area contributed by atoms with Gasteiger partial charge in [0.1, 0.15) is 5.82 Å². The summed E-state index contributed by atoms with van der Waals surface area (Å²) in [5.74, 6) is -0.289. The Kier molecular flexibility index (Phi) is 4.44. The van der Waals surface area contributed by atoms with Crippen LogP contribution in [0, 0.1) is 12.7 Å². The lowest BCUT2D eigenvalue weighted by atomic mass is 10.0. The van der Waals surface area contributed by atoms with Crippen molar-refractivity contribution in [2.75, 3.05) is 6.54 Å². The monoisotopic (exact) mass is 264 g/mol. The molecule has 2 aromatic heterocycles. The number of rotatable bonds is 5. The van der Waals surface area contributed by atoms with E-state index in [1.54, 1.807) is 23.6 Å². The van der Waals surface area contributed by atoms with Gasteiger partial charge in [-0.15, -0.1) is 11.3 Å². The second-order valence-corrected chi connectivity index (χ2v) is 5.43. The Morgan fingerprint density at radius 3 is 2.78 bits per heavy atom. The lowest BCUT2D eigenvalue weighted by Crippen LogP contribution is -2.23. The first kappa shape index (κ1) is 13.2. The van der Waals surface area contributed by atoms with Crippen molar-refractivity contribution in [1.29, 1.82) is 0 Å². The molecule has 4 heteroatoms. The van der Waals surface area contributed by atoms with Crippen LogP contribution >= 0.6 is 11.3 Å². The SMILES string of the molecule is CCCNC(c1cncc(F)c1)c1csc(C)c1. The Bertz CT molecular complexity index is 510. The zero-order valence-corrected chi connectivity index (χ0v) is 11.4. The van der Waals surface area contributed by atoms with Gasteiger partial charge in [-0.3, -0.25) is 4.98 Å². The van der Waals surface area contributed by atoms with Crippen molar-refractivity contribution in [2.45, 2.75) is 26.3 Å². The predicted molar refractivity (Wildman–Crippen MR) is 73.4 cm³/mol. The fraction of sp³-hybridized carbons (Fsp3) is 0.357. The van der Waals surface area contributed by atoms with E-state index in [2.05, 4.69) is 35.6 Å². The molecule has 0 aliphatic heterocycles. The number of nitrogens with one attached hydrogen (secondary N) is 1. The number of aryl methyl sites for hydroxylation is 1. The molecule has 0 aliphatic carbocycles. The zero-order valence-electron chi connectivity index (χ0n) is 10.6. The molecule has 1 unspecified atom stereocenters. The number of halogens is 1. The lowest BCUT2D eigenvalue weighted by Gasteiger charge is -2.17. The number of thiophene rings is 1. The Hall–Kier alpha value is -1.26. The van der Waals surface area contributed by atoms with Gasteiger partial charge in [-0.25, -0.2) is 4.39 Å². The van der Waals surface area contributed by atoms with E-state index >= 15 is 0 Å².